The molecule has 166 valence electrons. The lowest BCUT2D eigenvalue weighted by Gasteiger charge is -2.42. The van der Waals surface area contributed by atoms with Crippen LogP contribution in [0.1, 0.15) is 49.4 Å². The number of anilines is 1. The Balaban J connectivity index is 1.24. The predicted octanol–water partition coefficient (Wildman–Crippen LogP) is 3.84. The summed E-state index contributed by atoms with van der Waals surface area (Å²) in [7, 11) is 0. The fourth-order valence-electron chi connectivity index (χ4n) is 4.88. The summed E-state index contributed by atoms with van der Waals surface area (Å²) in [6.07, 6.45) is 7.91. The van der Waals surface area contributed by atoms with Crippen molar-refractivity contribution in [1.29, 1.82) is 0 Å². The van der Waals surface area contributed by atoms with Crippen LogP contribution in [0.3, 0.4) is 0 Å². The Bertz CT molecular complexity index is 1140. The van der Waals surface area contributed by atoms with Crippen LogP contribution in [0.2, 0.25) is 0 Å². The molecule has 1 aliphatic carbocycles. The minimum absolute atomic E-state index is 0.102. The van der Waals surface area contributed by atoms with Gasteiger partial charge in [-0.2, -0.15) is 0 Å². The van der Waals surface area contributed by atoms with Gasteiger partial charge in [0.1, 0.15) is 5.75 Å². The van der Waals surface area contributed by atoms with E-state index >= 15 is 0 Å². The molecule has 5 rings (SSSR count). The number of aliphatic imine (C=N–C) groups is 1. The zero-order valence-electron chi connectivity index (χ0n) is 18.3. The van der Waals surface area contributed by atoms with Crippen molar-refractivity contribution in [3.63, 3.8) is 0 Å². The van der Waals surface area contributed by atoms with Crippen molar-refractivity contribution in [2.45, 2.75) is 45.1 Å². The second-order valence-corrected chi connectivity index (χ2v) is 9.18. The van der Waals surface area contributed by atoms with Gasteiger partial charge >= 0.3 is 0 Å². The van der Waals surface area contributed by atoms with E-state index in [1.54, 1.807) is 6.21 Å². The molecule has 2 aliphatic heterocycles. The normalized spacial score (nSPS) is 20.5. The Labute approximate surface area is 187 Å². The highest BCUT2D eigenvalue weighted by molar-refractivity contribution is 6.24. The van der Waals surface area contributed by atoms with E-state index < -0.39 is 0 Å². The highest BCUT2D eigenvalue weighted by atomic mass is 16.5. The summed E-state index contributed by atoms with van der Waals surface area (Å²) in [4.78, 5) is 31.5. The van der Waals surface area contributed by atoms with Gasteiger partial charge in [0.05, 0.1) is 12.3 Å². The van der Waals surface area contributed by atoms with Gasteiger partial charge in [0.2, 0.25) is 5.91 Å². The largest absolute Gasteiger partial charge is 0.454 e. The smallest absolute Gasteiger partial charge is 0.256 e. The number of nitrogens with two attached hydrogens (primary N) is 1. The number of rotatable bonds is 5. The number of ether oxygens (including phenoxy) is 1. The minimum atomic E-state index is -0.140. The summed E-state index contributed by atoms with van der Waals surface area (Å²) in [6, 6.07) is 9.39. The minimum Gasteiger partial charge on any atom is -0.454 e. The molecule has 0 aromatic heterocycles. The number of carbonyl (C=O) groups excluding carboxylic acids is 2. The highest BCUT2D eigenvalue weighted by Crippen LogP contribution is 2.42. The first kappa shape index (κ1) is 20.5. The lowest BCUT2D eigenvalue weighted by Crippen LogP contribution is -2.49. The van der Waals surface area contributed by atoms with Gasteiger partial charge in [-0.1, -0.05) is 25.5 Å². The van der Waals surface area contributed by atoms with Crippen molar-refractivity contribution in [1.82, 2.24) is 4.90 Å². The van der Waals surface area contributed by atoms with Gasteiger partial charge in [-0.05, 0) is 43.9 Å². The SMILES string of the molecule is CC1(C(=O)N2CCC(N=C/C(=C\N)Oc3ccc4c5c(cccc35)C(=O)N4)CC2)CCC1. The fraction of sp³-hybridized carbons (Fsp3) is 0.400. The van der Waals surface area contributed by atoms with Crippen LogP contribution in [-0.4, -0.2) is 42.1 Å². The molecule has 3 aliphatic rings. The molecule has 1 saturated carbocycles. The molecule has 0 radical (unpaired) electrons. The third kappa shape index (κ3) is 3.51. The van der Waals surface area contributed by atoms with Gasteiger partial charge in [0.25, 0.3) is 5.91 Å². The van der Waals surface area contributed by atoms with E-state index in [0.717, 1.165) is 61.7 Å². The average Bonchev–Trinajstić information content (AvgIpc) is 3.13. The highest BCUT2D eigenvalue weighted by Gasteiger charge is 2.42. The third-order valence-electron chi connectivity index (χ3n) is 7.02. The van der Waals surface area contributed by atoms with Crippen LogP contribution in [0.25, 0.3) is 10.8 Å². The molecule has 3 N–H and O–H groups in total. The van der Waals surface area contributed by atoms with E-state index in [1.165, 1.54) is 6.20 Å². The molecule has 2 amide bonds. The van der Waals surface area contributed by atoms with Crippen LogP contribution < -0.4 is 15.8 Å². The van der Waals surface area contributed by atoms with E-state index in [2.05, 4.69) is 17.2 Å². The molecular formula is C25H28N4O3. The zero-order chi connectivity index (χ0) is 22.3. The number of carbonyl (C=O) groups is 2. The summed E-state index contributed by atoms with van der Waals surface area (Å²) in [5.74, 6) is 1.27. The Morgan fingerprint density at radius 1 is 1.25 bits per heavy atom. The van der Waals surface area contributed by atoms with E-state index in [9.17, 15) is 9.59 Å². The number of nitrogens with one attached hydrogen (secondary N) is 1. The Kier molecular flexibility index (Phi) is 5.12. The van der Waals surface area contributed by atoms with Crippen molar-refractivity contribution < 1.29 is 14.3 Å². The van der Waals surface area contributed by atoms with Crippen LogP contribution in [0.5, 0.6) is 5.75 Å². The van der Waals surface area contributed by atoms with Crippen LogP contribution in [0, 0.1) is 5.41 Å². The second kappa shape index (κ2) is 7.97. The number of allylic oxidation sites excluding steroid dienone is 1. The molecule has 7 nitrogen and oxygen atoms in total. The summed E-state index contributed by atoms with van der Waals surface area (Å²) in [6.45, 7) is 3.58. The monoisotopic (exact) mass is 432 g/mol. The number of amides is 2. The Hall–Kier alpha value is -3.35. The number of hydrogen-bond acceptors (Lipinski definition) is 5. The lowest BCUT2D eigenvalue weighted by atomic mass is 9.69. The standard InChI is InChI=1S/C25H28N4O3/c1-25(10-3-11-25)24(31)29-12-8-16(9-13-29)27-15-17(14-26)32-21-7-6-20-22-18(21)4-2-5-19(22)23(30)28-20/h2,4-7,14-16H,3,8-13,26H2,1H3,(H,28,30)/b17-14+,27-15?. The molecule has 0 spiro atoms. The first-order valence-electron chi connectivity index (χ1n) is 11.3. The quantitative estimate of drug-likeness (QED) is 0.554. The predicted molar refractivity (Wildman–Crippen MR) is 125 cm³/mol. The van der Waals surface area contributed by atoms with Crippen molar-refractivity contribution in [2.75, 3.05) is 18.4 Å². The molecule has 0 bridgehead atoms. The first-order chi connectivity index (χ1) is 15.5. The van der Waals surface area contributed by atoms with Gasteiger partial charge in [-0.25, -0.2) is 0 Å². The summed E-state index contributed by atoms with van der Waals surface area (Å²) < 4.78 is 6.05. The van der Waals surface area contributed by atoms with Gasteiger partial charge in [0, 0.05) is 46.7 Å². The maximum atomic E-state index is 12.7. The lowest BCUT2D eigenvalue weighted by molar-refractivity contribution is -0.147. The number of piperidine rings is 1. The van der Waals surface area contributed by atoms with Crippen molar-refractivity contribution in [2.24, 2.45) is 16.1 Å². The van der Waals surface area contributed by atoms with Crippen molar-refractivity contribution in [3.05, 3.63) is 47.9 Å². The second-order valence-electron chi connectivity index (χ2n) is 9.18. The van der Waals surface area contributed by atoms with Gasteiger partial charge in [0.15, 0.2) is 5.76 Å². The Morgan fingerprint density at radius 2 is 2.03 bits per heavy atom. The summed E-state index contributed by atoms with van der Waals surface area (Å²) >= 11 is 0. The van der Waals surface area contributed by atoms with Crippen molar-refractivity contribution in [3.8, 4) is 5.75 Å². The van der Waals surface area contributed by atoms with Crippen LogP contribution in [0.15, 0.2) is 47.3 Å². The summed E-state index contributed by atoms with van der Waals surface area (Å²) in [5, 5.41) is 4.58. The van der Waals surface area contributed by atoms with E-state index in [1.807, 2.05) is 35.2 Å². The van der Waals surface area contributed by atoms with E-state index in [-0.39, 0.29) is 17.4 Å². The molecule has 2 fully saturated rings. The molecule has 7 heteroatoms. The zero-order valence-corrected chi connectivity index (χ0v) is 18.3. The molecule has 2 aromatic rings. The van der Waals surface area contributed by atoms with E-state index in [0.29, 0.717) is 23.0 Å². The fourth-order valence-corrected chi connectivity index (χ4v) is 4.88. The number of hydrogen-bond donors (Lipinski definition) is 2. The molecule has 0 unspecified atom stereocenters. The van der Waals surface area contributed by atoms with Gasteiger partial charge < -0.3 is 20.7 Å². The van der Waals surface area contributed by atoms with E-state index in [4.69, 9.17) is 10.5 Å². The maximum Gasteiger partial charge on any atom is 0.256 e. The molecule has 0 atom stereocenters. The average molecular weight is 433 g/mol. The molecular weight excluding hydrogens is 404 g/mol. The number of benzene rings is 2. The van der Waals surface area contributed by atoms with Crippen LogP contribution >= 0.6 is 0 Å². The first-order valence-corrected chi connectivity index (χ1v) is 11.3. The van der Waals surface area contributed by atoms with Gasteiger partial charge in [-0.3, -0.25) is 14.6 Å². The van der Waals surface area contributed by atoms with Crippen molar-refractivity contribution >= 4 is 34.5 Å². The Morgan fingerprint density at radius 3 is 2.72 bits per heavy atom. The summed E-state index contributed by atoms with van der Waals surface area (Å²) in [5.41, 5.74) is 7.10. The van der Waals surface area contributed by atoms with Crippen LogP contribution in [-0.2, 0) is 4.79 Å². The molecule has 2 heterocycles. The molecule has 32 heavy (non-hydrogen) atoms. The third-order valence-corrected chi connectivity index (χ3v) is 7.02. The van der Waals surface area contributed by atoms with Crippen LogP contribution in [0.4, 0.5) is 5.69 Å². The topological polar surface area (TPSA) is 97.0 Å². The molecule has 1 saturated heterocycles. The van der Waals surface area contributed by atoms with Gasteiger partial charge in [-0.15, -0.1) is 0 Å². The number of likely N-dealkylation sites (tertiary alicyclic amines) is 1. The molecule has 2 aromatic carbocycles. The maximum absolute atomic E-state index is 12.7. The number of nitrogens with zero attached hydrogens (tertiary/aromatic N) is 2.